The Bertz CT molecular complexity index is 1240. The molecular weight excluding hydrogens is 390 g/mol. The van der Waals surface area contributed by atoms with E-state index in [1.165, 1.54) is 6.33 Å². The number of anilines is 2. The summed E-state index contributed by atoms with van der Waals surface area (Å²) < 4.78 is 1.65. The summed E-state index contributed by atoms with van der Waals surface area (Å²) in [5.41, 5.74) is 9.68. The molecule has 0 aliphatic carbocycles. The summed E-state index contributed by atoms with van der Waals surface area (Å²) in [5, 5.41) is 17.6. The minimum absolute atomic E-state index is 0.120. The number of nitriles is 1. The molecule has 1 atom stereocenters. The van der Waals surface area contributed by atoms with Crippen molar-refractivity contribution in [1.82, 2.24) is 29.5 Å². The fourth-order valence-electron chi connectivity index (χ4n) is 3.03. The van der Waals surface area contributed by atoms with E-state index in [2.05, 4.69) is 25.4 Å². The summed E-state index contributed by atoms with van der Waals surface area (Å²) >= 11 is 6.38. The van der Waals surface area contributed by atoms with Crippen LogP contribution in [0.1, 0.15) is 29.8 Å². The average molecular weight is 406 g/mol. The van der Waals surface area contributed by atoms with Crippen molar-refractivity contribution in [3.63, 3.8) is 0 Å². The second-order valence-corrected chi connectivity index (χ2v) is 6.79. The van der Waals surface area contributed by atoms with Crippen LogP contribution in [0.4, 0.5) is 11.6 Å². The molecule has 0 bridgehead atoms. The number of pyridine rings is 1. The maximum absolute atomic E-state index is 9.39. The molecule has 0 saturated heterocycles. The number of hydrogen-bond acceptors (Lipinski definition) is 8. The van der Waals surface area contributed by atoms with E-state index < -0.39 is 0 Å². The topological polar surface area (TPSA) is 131 Å². The van der Waals surface area contributed by atoms with Crippen LogP contribution >= 0.6 is 11.6 Å². The lowest BCUT2D eigenvalue weighted by atomic mass is 10.0. The lowest BCUT2D eigenvalue weighted by molar-refractivity contribution is 0.825. The molecule has 0 aliphatic heterocycles. The van der Waals surface area contributed by atoms with Crippen molar-refractivity contribution in [2.45, 2.75) is 19.9 Å². The first-order chi connectivity index (χ1) is 14.0. The molecule has 4 rings (SSSR count). The van der Waals surface area contributed by atoms with E-state index in [9.17, 15) is 5.26 Å². The standard InChI is InChI=1S/C19H16ClN9/c1-10(26-18-13(7-21)17(22)24-9-25-18)14-8-29-19(15(20)11(2)28-29)27-16(14)12-3-5-23-6-4-12/h3-6,8-10H,1-2H3,(H3,22,24,25,26)/t10-/m0/s1. The van der Waals surface area contributed by atoms with Crippen LogP contribution in [-0.2, 0) is 0 Å². The fourth-order valence-corrected chi connectivity index (χ4v) is 3.20. The molecule has 0 aliphatic rings. The van der Waals surface area contributed by atoms with E-state index in [1.807, 2.05) is 38.2 Å². The SMILES string of the molecule is Cc1nn2cc([C@H](C)Nc3ncnc(N)c3C#N)c(-c3ccncc3)nc2c1Cl. The van der Waals surface area contributed by atoms with Crippen molar-refractivity contribution in [3.8, 4) is 17.3 Å². The number of nitrogens with two attached hydrogens (primary N) is 1. The van der Waals surface area contributed by atoms with Gasteiger partial charge in [0.2, 0.25) is 0 Å². The number of nitrogens with zero attached hydrogens (tertiary/aromatic N) is 7. The Kier molecular flexibility index (Phi) is 4.70. The minimum atomic E-state index is -0.278. The Labute approximate surface area is 171 Å². The normalized spacial score (nSPS) is 11.9. The molecule has 0 unspecified atom stereocenters. The molecule has 0 saturated carbocycles. The maximum atomic E-state index is 9.39. The molecule has 0 radical (unpaired) electrons. The predicted molar refractivity (Wildman–Crippen MR) is 109 cm³/mol. The molecule has 0 fully saturated rings. The number of aromatic nitrogens is 6. The van der Waals surface area contributed by atoms with Gasteiger partial charge >= 0.3 is 0 Å². The van der Waals surface area contributed by atoms with Gasteiger partial charge in [-0.15, -0.1) is 0 Å². The Hall–Kier alpha value is -3.77. The van der Waals surface area contributed by atoms with Crippen LogP contribution < -0.4 is 11.1 Å². The molecule has 4 heterocycles. The molecule has 0 amide bonds. The van der Waals surface area contributed by atoms with Crippen LogP contribution in [0.15, 0.2) is 37.1 Å². The number of rotatable bonds is 4. The predicted octanol–water partition coefficient (Wildman–Crippen LogP) is 3.17. The van der Waals surface area contributed by atoms with Gasteiger partial charge in [0, 0.05) is 29.7 Å². The zero-order valence-electron chi connectivity index (χ0n) is 15.6. The van der Waals surface area contributed by atoms with Gasteiger partial charge in [0.1, 0.15) is 34.6 Å². The number of halogens is 1. The first-order valence-electron chi connectivity index (χ1n) is 8.72. The average Bonchev–Trinajstić information content (AvgIpc) is 3.01. The Balaban J connectivity index is 1.86. The van der Waals surface area contributed by atoms with Crippen LogP contribution in [0.3, 0.4) is 0 Å². The number of nitrogen functional groups attached to an aromatic ring is 1. The largest absolute Gasteiger partial charge is 0.382 e. The zero-order chi connectivity index (χ0) is 20.5. The van der Waals surface area contributed by atoms with Crippen molar-refractivity contribution >= 4 is 28.9 Å². The Morgan fingerprint density at radius 3 is 2.76 bits per heavy atom. The quantitative estimate of drug-likeness (QED) is 0.529. The molecule has 10 heteroatoms. The lowest BCUT2D eigenvalue weighted by Crippen LogP contribution is -2.14. The number of aryl methyl sites for hydroxylation is 1. The van der Waals surface area contributed by atoms with E-state index in [0.717, 1.165) is 16.8 Å². The van der Waals surface area contributed by atoms with Crippen LogP contribution in [0, 0.1) is 18.3 Å². The van der Waals surface area contributed by atoms with E-state index in [1.54, 1.807) is 16.9 Å². The van der Waals surface area contributed by atoms with E-state index in [-0.39, 0.29) is 17.4 Å². The highest BCUT2D eigenvalue weighted by Crippen LogP contribution is 2.31. The van der Waals surface area contributed by atoms with Crippen molar-refractivity contribution in [1.29, 1.82) is 5.26 Å². The number of hydrogen-bond donors (Lipinski definition) is 2. The second-order valence-electron chi connectivity index (χ2n) is 6.41. The van der Waals surface area contributed by atoms with Gasteiger partial charge in [0.05, 0.1) is 17.4 Å². The van der Waals surface area contributed by atoms with Gasteiger partial charge in [-0.1, -0.05) is 11.6 Å². The third kappa shape index (κ3) is 3.30. The highest BCUT2D eigenvalue weighted by atomic mass is 35.5. The molecule has 144 valence electrons. The van der Waals surface area contributed by atoms with Gasteiger partial charge in [0.25, 0.3) is 0 Å². The van der Waals surface area contributed by atoms with Crippen LogP contribution in [-0.4, -0.2) is 29.5 Å². The summed E-state index contributed by atoms with van der Waals surface area (Å²) in [7, 11) is 0. The molecule has 9 nitrogen and oxygen atoms in total. The van der Waals surface area contributed by atoms with Crippen molar-refractivity contribution in [2.24, 2.45) is 0 Å². The monoisotopic (exact) mass is 405 g/mol. The second kappa shape index (κ2) is 7.33. The number of fused-ring (bicyclic) bond motifs is 1. The Morgan fingerprint density at radius 1 is 1.28 bits per heavy atom. The molecule has 0 aromatic carbocycles. The fraction of sp³-hybridized carbons (Fsp3) is 0.158. The maximum Gasteiger partial charge on any atom is 0.174 e. The molecule has 4 aromatic rings. The van der Waals surface area contributed by atoms with Crippen molar-refractivity contribution in [3.05, 3.63) is 58.9 Å². The summed E-state index contributed by atoms with van der Waals surface area (Å²) in [5.74, 6) is 0.470. The van der Waals surface area contributed by atoms with Crippen molar-refractivity contribution in [2.75, 3.05) is 11.1 Å². The van der Waals surface area contributed by atoms with Gasteiger partial charge in [0.15, 0.2) is 5.65 Å². The van der Waals surface area contributed by atoms with Gasteiger partial charge in [-0.05, 0) is 26.0 Å². The van der Waals surface area contributed by atoms with Gasteiger partial charge in [-0.3, -0.25) is 4.98 Å². The molecule has 4 aromatic heterocycles. The smallest absolute Gasteiger partial charge is 0.174 e. The highest BCUT2D eigenvalue weighted by Gasteiger charge is 2.20. The summed E-state index contributed by atoms with van der Waals surface area (Å²) in [6.45, 7) is 3.76. The number of nitrogens with one attached hydrogen (secondary N) is 1. The Morgan fingerprint density at radius 2 is 2.03 bits per heavy atom. The van der Waals surface area contributed by atoms with E-state index >= 15 is 0 Å². The summed E-state index contributed by atoms with van der Waals surface area (Å²) in [4.78, 5) is 16.9. The molecular formula is C19H16ClN9. The zero-order valence-corrected chi connectivity index (χ0v) is 16.4. The first-order valence-corrected chi connectivity index (χ1v) is 9.10. The van der Waals surface area contributed by atoms with Crippen LogP contribution in [0.2, 0.25) is 5.02 Å². The minimum Gasteiger partial charge on any atom is -0.382 e. The van der Waals surface area contributed by atoms with E-state index in [0.29, 0.717) is 22.2 Å². The first kappa shape index (κ1) is 18.6. The summed E-state index contributed by atoms with van der Waals surface area (Å²) in [6.07, 6.45) is 6.58. The van der Waals surface area contributed by atoms with Crippen LogP contribution in [0.25, 0.3) is 16.9 Å². The van der Waals surface area contributed by atoms with Crippen LogP contribution in [0.5, 0.6) is 0 Å². The van der Waals surface area contributed by atoms with Gasteiger partial charge in [-0.2, -0.15) is 10.4 Å². The molecule has 29 heavy (non-hydrogen) atoms. The van der Waals surface area contributed by atoms with Gasteiger partial charge < -0.3 is 11.1 Å². The van der Waals surface area contributed by atoms with Gasteiger partial charge in [-0.25, -0.2) is 19.5 Å². The molecule has 0 spiro atoms. The lowest BCUT2D eigenvalue weighted by Gasteiger charge is -2.19. The highest BCUT2D eigenvalue weighted by molar-refractivity contribution is 6.34. The van der Waals surface area contributed by atoms with Crippen molar-refractivity contribution < 1.29 is 0 Å². The summed E-state index contributed by atoms with van der Waals surface area (Å²) in [6, 6.07) is 5.50. The van der Waals surface area contributed by atoms with E-state index in [4.69, 9.17) is 22.3 Å². The third-order valence-corrected chi connectivity index (χ3v) is 4.95. The third-order valence-electron chi connectivity index (χ3n) is 4.50. The molecule has 3 N–H and O–H groups in total.